The van der Waals surface area contributed by atoms with Crippen molar-refractivity contribution in [1.29, 1.82) is 0 Å². The van der Waals surface area contributed by atoms with Gasteiger partial charge in [-0.05, 0) is 12.8 Å². The predicted octanol–water partition coefficient (Wildman–Crippen LogP) is 1.85. The van der Waals surface area contributed by atoms with Crippen LogP contribution in [0.4, 0.5) is 0 Å². The molecule has 2 nitrogen and oxygen atoms in total. The van der Waals surface area contributed by atoms with Crippen LogP contribution in [0.2, 0.25) is 0 Å². The van der Waals surface area contributed by atoms with Gasteiger partial charge in [-0.25, -0.2) is 0 Å². The summed E-state index contributed by atoms with van der Waals surface area (Å²) in [5.41, 5.74) is 0. The van der Waals surface area contributed by atoms with E-state index >= 15 is 0 Å². The fraction of sp³-hybridized carbons (Fsp3) is 1.00. The van der Waals surface area contributed by atoms with Crippen molar-refractivity contribution in [3.63, 3.8) is 0 Å². The van der Waals surface area contributed by atoms with E-state index < -0.39 is 0 Å². The Morgan fingerprint density at radius 2 is 2.11 bits per heavy atom. The minimum Gasteiger partial charge on any atom is -0.195 e. The monoisotopic (exact) mass is 128 g/mol. The summed E-state index contributed by atoms with van der Waals surface area (Å²) in [4.78, 5) is 9.90. The van der Waals surface area contributed by atoms with E-state index in [2.05, 4.69) is 6.92 Å². The van der Waals surface area contributed by atoms with Gasteiger partial charge in [0.1, 0.15) is 0 Å². The largest absolute Gasteiger partial charge is 0.236 e. The molecule has 1 aliphatic heterocycles. The maximum Gasteiger partial charge on any atom is 0.236 e. The van der Waals surface area contributed by atoms with Crippen molar-refractivity contribution in [2.45, 2.75) is 38.4 Å². The zero-order valence-corrected chi connectivity index (χ0v) is 5.72. The van der Waals surface area contributed by atoms with Crippen LogP contribution < -0.4 is 0 Å². The summed E-state index contributed by atoms with van der Waals surface area (Å²) in [6.45, 7) is 2.20. The quantitative estimate of drug-likeness (QED) is 0.367. The molecule has 1 aliphatic carbocycles. The van der Waals surface area contributed by atoms with Crippen LogP contribution >= 0.6 is 0 Å². The molecule has 9 heavy (non-hydrogen) atoms. The van der Waals surface area contributed by atoms with Gasteiger partial charge in [0.25, 0.3) is 0 Å². The van der Waals surface area contributed by atoms with E-state index in [-0.39, 0.29) is 5.79 Å². The summed E-state index contributed by atoms with van der Waals surface area (Å²) in [6.07, 6.45) is 4.98. The maximum absolute atomic E-state index is 4.95. The summed E-state index contributed by atoms with van der Waals surface area (Å²) in [5, 5.41) is 0. The first-order chi connectivity index (χ1) is 4.33. The van der Waals surface area contributed by atoms with Crippen molar-refractivity contribution in [1.82, 2.24) is 0 Å². The van der Waals surface area contributed by atoms with Gasteiger partial charge in [-0.15, -0.1) is 0 Å². The maximum atomic E-state index is 4.95. The average Bonchev–Trinajstić information content (AvgIpc) is 2.60. The Labute approximate surface area is 55.1 Å². The van der Waals surface area contributed by atoms with Crippen molar-refractivity contribution >= 4 is 0 Å². The van der Waals surface area contributed by atoms with E-state index in [4.69, 9.17) is 9.78 Å². The molecule has 1 unspecified atom stereocenters. The fourth-order valence-electron chi connectivity index (χ4n) is 1.59. The molecule has 0 aromatic heterocycles. The second-order valence-electron chi connectivity index (χ2n) is 3.13. The number of hydrogen-bond donors (Lipinski definition) is 0. The molecule has 2 aliphatic rings. The molecule has 0 bridgehead atoms. The van der Waals surface area contributed by atoms with Crippen LogP contribution in [-0.4, -0.2) is 5.79 Å². The van der Waals surface area contributed by atoms with Gasteiger partial charge in [-0.2, -0.15) is 9.78 Å². The van der Waals surface area contributed by atoms with E-state index in [0.29, 0.717) is 5.92 Å². The average molecular weight is 128 g/mol. The molecule has 0 aromatic carbocycles. The summed E-state index contributed by atoms with van der Waals surface area (Å²) in [5.74, 6) is 0.504. The molecular weight excluding hydrogens is 116 g/mol. The molecule has 1 atom stereocenters. The van der Waals surface area contributed by atoms with Crippen LogP contribution in [0.1, 0.15) is 32.6 Å². The van der Waals surface area contributed by atoms with E-state index in [1.165, 1.54) is 19.3 Å². The van der Waals surface area contributed by atoms with Crippen molar-refractivity contribution in [3.8, 4) is 0 Å². The number of rotatable bonds is 0. The van der Waals surface area contributed by atoms with Crippen LogP contribution in [0, 0.1) is 5.92 Å². The smallest absolute Gasteiger partial charge is 0.195 e. The van der Waals surface area contributed by atoms with Gasteiger partial charge in [0.05, 0.1) is 0 Å². The Kier molecular flexibility index (Phi) is 1.08. The van der Waals surface area contributed by atoms with Gasteiger partial charge in [0, 0.05) is 12.3 Å². The van der Waals surface area contributed by atoms with E-state index in [0.717, 1.165) is 6.42 Å². The fourth-order valence-corrected chi connectivity index (χ4v) is 1.59. The molecule has 0 aromatic rings. The molecule has 0 amide bonds. The van der Waals surface area contributed by atoms with Crippen molar-refractivity contribution in [3.05, 3.63) is 0 Å². The highest BCUT2D eigenvalue weighted by Gasteiger charge is 2.54. The Bertz CT molecular complexity index is 118. The lowest BCUT2D eigenvalue weighted by Gasteiger charge is -2.20. The van der Waals surface area contributed by atoms with E-state index in [1.807, 2.05) is 0 Å². The first-order valence-electron chi connectivity index (χ1n) is 3.70. The first-order valence-corrected chi connectivity index (χ1v) is 3.70. The van der Waals surface area contributed by atoms with E-state index in [9.17, 15) is 0 Å². The molecule has 2 heteroatoms. The lowest BCUT2D eigenvalue weighted by Crippen LogP contribution is -2.24. The SMILES string of the molecule is CC1CCCCC12OO2. The molecule has 2 fully saturated rings. The summed E-state index contributed by atoms with van der Waals surface area (Å²) in [7, 11) is 0. The zero-order valence-electron chi connectivity index (χ0n) is 5.72. The Balaban J connectivity index is 2.03. The van der Waals surface area contributed by atoms with Crippen LogP contribution in [-0.2, 0) is 9.78 Å². The predicted molar refractivity (Wildman–Crippen MR) is 32.5 cm³/mol. The summed E-state index contributed by atoms with van der Waals surface area (Å²) < 4.78 is 0. The number of hydrogen-bond acceptors (Lipinski definition) is 2. The lowest BCUT2D eigenvalue weighted by atomic mass is 9.86. The van der Waals surface area contributed by atoms with Gasteiger partial charge in [-0.3, -0.25) is 0 Å². The molecule has 1 heterocycles. The second kappa shape index (κ2) is 1.70. The summed E-state index contributed by atoms with van der Waals surface area (Å²) >= 11 is 0. The normalized spacial score (nSPS) is 39.0. The molecule has 1 saturated carbocycles. The highest BCUT2D eigenvalue weighted by atomic mass is 17.4. The third kappa shape index (κ3) is 0.775. The first kappa shape index (κ1) is 5.69. The molecule has 1 spiro atoms. The van der Waals surface area contributed by atoms with Crippen LogP contribution in [0.3, 0.4) is 0 Å². The van der Waals surface area contributed by atoms with Crippen molar-refractivity contribution < 1.29 is 9.78 Å². The lowest BCUT2D eigenvalue weighted by molar-refractivity contribution is 0.0850. The molecule has 52 valence electrons. The Morgan fingerprint density at radius 1 is 1.33 bits per heavy atom. The van der Waals surface area contributed by atoms with Crippen molar-refractivity contribution in [2.24, 2.45) is 5.92 Å². The molecule has 1 saturated heterocycles. The highest BCUT2D eigenvalue weighted by Crippen LogP contribution is 2.47. The minimum atomic E-state index is -0.113. The Morgan fingerprint density at radius 3 is 2.56 bits per heavy atom. The highest BCUT2D eigenvalue weighted by molar-refractivity contribution is 4.84. The molecular formula is C7H12O2. The standard InChI is InChI=1S/C7H12O2/c1-6-4-2-3-5-7(6)8-9-7/h6H,2-5H2,1H3. The van der Waals surface area contributed by atoms with Gasteiger partial charge in [-0.1, -0.05) is 13.3 Å². The summed E-state index contributed by atoms with van der Waals surface area (Å²) in [6, 6.07) is 0. The topological polar surface area (TPSA) is 25.1 Å². The van der Waals surface area contributed by atoms with E-state index in [1.54, 1.807) is 0 Å². The zero-order chi connectivity index (χ0) is 6.32. The third-order valence-corrected chi connectivity index (χ3v) is 2.46. The van der Waals surface area contributed by atoms with Gasteiger partial charge in [0.2, 0.25) is 5.79 Å². The minimum absolute atomic E-state index is 0.113. The Hall–Kier alpha value is -0.0800. The molecule has 2 rings (SSSR count). The van der Waals surface area contributed by atoms with Crippen molar-refractivity contribution in [2.75, 3.05) is 0 Å². The van der Waals surface area contributed by atoms with Crippen LogP contribution in [0.15, 0.2) is 0 Å². The van der Waals surface area contributed by atoms with Gasteiger partial charge >= 0.3 is 0 Å². The molecule has 0 N–H and O–H groups in total. The second-order valence-corrected chi connectivity index (χ2v) is 3.13. The third-order valence-electron chi connectivity index (χ3n) is 2.46. The van der Waals surface area contributed by atoms with Crippen LogP contribution in [0.25, 0.3) is 0 Å². The van der Waals surface area contributed by atoms with Gasteiger partial charge in [0.15, 0.2) is 0 Å². The van der Waals surface area contributed by atoms with Gasteiger partial charge < -0.3 is 0 Å². The molecule has 0 radical (unpaired) electrons. The van der Waals surface area contributed by atoms with Crippen LogP contribution in [0.5, 0.6) is 0 Å².